The van der Waals surface area contributed by atoms with Crippen molar-refractivity contribution in [3.05, 3.63) is 41.5 Å². The van der Waals surface area contributed by atoms with Gasteiger partial charge in [0.15, 0.2) is 6.10 Å². The zero-order valence-corrected chi connectivity index (χ0v) is 15.3. The smallest absolute Gasteiger partial charge is 0.330 e. The van der Waals surface area contributed by atoms with Crippen LogP contribution in [0.1, 0.15) is 38.3 Å². The van der Waals surface area contributed by atoms with Gasteiger partial charge in [-0.05, 0) is 51.0 Å². The van der Waals surface area contributed by atoms with Crippen LogP contribution in [-0.2, 0) is 14.3 Å². The SMILES string of the molecule is CCC(Oc1cc(C)cc(C#N)c1)C(=O)NC(C)(C)/C=C/C(=O)OC. The van der Waals surface area contributed by atoms with Gasteiger partial charge in [-0.1, -0.05) is 13.0 Å². The molecule has 1 aromatic rings. The fourth-order valence-electron chi connectivity index (χ4n) is 2.15. The van der Waals surface area contributed by atoms with Crippen molar-refractivity contribution in [2.24, 2.45) is 0 Å². The third-order valence-corrected chi connectivity index (χ3v) is 3.40. The highest BCUT2D eigenvalue weighted by molar-refractivity contribution is 5.84. The van der Waals surface area contributed by atoms with Crippen LogP contribution in [0.5, 0.6) is 5.75 Å². The van der Waals surface area contributed by atoms with Gasteiger partial charge in [-0.2, -0.15) is 5.26 Å². The molecule has 0 aromatic heterocycles. The van der Waals surface area contributed by atoms with Crippen molar-refractivity contribution in [3.63, 3.8) is 0 Å². The first-order chi connectivity index (χ1) is 11.7. The van der Waals surface area contributed by atoms with Crippen molar-refractivity contribution in [1.29, 1.82) is 5.26 Å². The highest BCUT2D eigenvalue weighted by Gasteiger charge is 2.25. The minimum Gasteiger partial charge on any atom is -0.481 e. The van der Waals surface area contributed by atoms with E-state index in [4.69, 9.17) is 10.00 Å². The lowest BCUT2D eigenvalue weighted by molar-refractivity contribution is -0.135. The lowest BCUT2D eigenvalue weighted by Crippen LogP contribution is -2.48. The summed E-state index contributed by atoms with van der Waals surface area (Å²) < 4.78 is 10.3. The van der Waals surface area contributed by atoms with Crippen molar-refractivity contribution in [1.82, 2.24) is 5.32 Å². The van der Waals surface area contributed by atoms with E-state index in [1.54, 1.807) is 38.1 Å². The van der Waals surface area contributed by atoms with Crippen LogP contribution in [0.25, 0.3) is 0 Å². The average molecular weight is 344 g/mol. The second-order valence-corrected chi connectivity index (χ2v) is 6.23. The van der Waals surface area contributed by atoms with Crippen LogP contribution in [0, 0.1) is 18.3 Å². The van der Waals surface area contributed by atoms with Gasteiger partial charge in [-0.3, -0.25) is 4.79 Å². The number of nitrogens with one attached hydrogen (secondary N) is 1. The molecule has 0 heterocycles. The summed E-state index contributed by atoms with van der Waals surface area (Å²) in [5, 5.41) is 11.9. The van der Waals surface area contributed by atoms with E-state index >= 15 is 0 Å². The van der Waals surface area contributed by atoms with Crippen molar-refractivity contribution in [2.75, 3.05) is 7.11 Å². The summed E-state index contributed by atoms with van der Waals surface area (Å²) in [7, 11) is 1.29. The van der Waals surface area contributed by atoms with E-state index in [-0.39, 0.29) is 5.91 Å². The molecule has 6 heteroatoms. The number of aryl methyl sites for hydroxylation is 1. The topological polar surface area (TPSA) is 88.4 Å². The Morgan fingerprint density at radius 3 is 2.60 bits per heavy atom. The number of rotatable bonds is 7. The Morgan fingerprint density at radius 2 is 2.04 bits per heavy atom. The Kier molecular flexibility index (Phi) is 7.19. The van der Waals surface area contributed by atoms with Crippen molar-refractivity contribution >= 4 is 11.9 Å². The van der Waals surface area contributed by atoms with E-state index < -0.39 is 17.6 Å². The molecule has 0 saturated heterocycles. The van der Waals surface area contributed by atoms with E-state index in [1.165, 1.54) is 13.2 Å². The number of ether oxygens (including phenoxy) is 2. The quantitative estimate of drug-likeness (QED) is 0.607. The number of amides is 1. The molecule has 0 aliphatic carbocycles. The summed E-state index contributed by atoms with van der Waals surface area (Å²) in [5.41, 5.74) is 0.615. The molecule has 0 spiro atoms. The number of benzene rings is 1. The predicted octanol–water partition coefficient (Wildman–Crippen LogP) is 2.65. The molecule has 0 bridgehead atoms. The maximum atomic E-state index is 12.5. The number of carbonyl (C=O) groups excluding carboxylic acids is 2. The van der Waals surface area contributed by atoms with Gasteiger partial charge in [-0.25, -0.2) is 4.79 Å². The number of nitrogens with zero attached hydrogens (tertiary/aromatic N) is 1. The Balaban J connectivity index is 2.84. The number of methoxy groups -OCH3 is 1. The van der Waals surface area contributed by atoms with E-state index in [9.17, 15) is 9.59 Å². The van der Waals surface area contributed by atoms with Gasteiger partial charge in [0, 0.05) is 6.08 Å². The van der Waals surface area contributed by atoms with Gasteiger partial charge in [0.05, 0.1) is 24.3 Å². The second kappa shape index (κ2) is 8.88. The van der Waals surface area contributed by atoms with Crippen LogP contribution in [0.3, 0.4) is 0 Å². The Bertz CT molecular complexity index is 702. The minimum absolute atomic E-state index is 0.304. The van der Waals surface area contributed by atoms with E-state index in [1.807, 2.05) is 13.8 Å². The molecule has 0 fully saturated rings. The molecule has 134 valence electrons. The Morgan fingerprint density at radius 1 is 1.36 bits per heavy atom. The van der Waals surface area contributed by atoms with Crippen molar-refractivity contribution in [2.45, 2.75) is 45.8 Å². The molecule has 1 rings (SSSR count). The Labute approximate surface area is 148 Å². The first-order valence-corrected chi connectivity index (χ1v) is 7.98. The molecule has 0 saturated carbocycles. The fourth-order valence-corrected chi connectivity index (χ4v) is 2.15. The molecule has 0 radical (unpaired) electrons. The maximum absolute atomic E-state index is 12.5. The van der Waals surface area contributed by atoms with Gasteiger partial charge in [0.25, 0.3) is 5.91 Å². The molecule has 1 atom stereocenters. The first kappa shape index (κ1) is 20.2. The minimum atomic E-state index is -0.744. The molecule has 0 aliphatic heterocycles. The summed E-state index contributed by atoms with van der Waals surface area (Å²) >= 11 is 0. The molecule has 25 heavy (non-hydrogen) atoms. The standard InChI is InChI=1S/C19H24N2O4/c1-6-16(25-15-10-13(2)9-14(11-15)12-20)18(23)21-19(3,4)8-7-17(22)24-5/h7-11,16H,6H2,1-5H3,(H,21,23)/b8-7+. The molecule has 1 amide bonds. The monoisotopic (exact) mass is 344 g/mol. The molecular formula is C19H24N2O4. The molecule has 1 unspecified atom stereocenters. The molecule has 0 aliphatic rings. The molecule has 1 aromatic carbocycles. The lowest BCUT2D eigenvalue weighted by atomic mass is 10.0. The largest absolute Gasteiger partial charge is 0.481 e. The zero-order chi connectivity index (χ0) is 19.0. The number of hydrogen-bond donors (Lipinski definition) is 1. The number of nitriles is 1. The third kappa shape index (κ3) is 6.68. The van der Waals surface area contributed by atoms with Gasteiger partial charge < -0.3 is 14.8 Å². The highest BCUT2D eigenvalue weighted by atomic mass is 16.5. The van der Waals surface area contributed by atoms with Crippen LogP contribution < -0.4 is 10.1 Å². The highest BCUT2D eigenvalue weighted by Crippen LogP contribution is 2.19. The average Bonchev–Trinajstić information content (AvgIpc) is 2.56. The number of carbonyl (C=O) groups is 2. The number of hydrogen-bond acceptors (Lipinski definition) is 5. The maximum Gasteiger partial charge on any atom is 0.330 e. The van der Waals surface area contributed by atoms with Gasteiger partial charge in [0.2, 0.25) is 0 Å². The van der Waals surface area contributed by atoms with Crippen LogP contribution in [0.2, 0.25) is 0 Å². The number of esters is 1. The van der Waals surface area contributed by atoms with E-state index in [0.717, 1.165) is 5.56 Å². The summed E-state index contributed by atoms with van der Waals surface area (Å²) in [6.07, 6.45) is 2.57. The molecular weight excluding hydrogens is 320 g/mol. The van der Waals surface area contributed by atoms with E-state index in [0.29, 0.717) is 17.7 Å². The van der Waals surface area contributed by atoms with Crippen molar-refractivity contribution < 1.29 is 19.1 Å². The van der Waals surface area contributed by atoms with Crippen LogP contribution in [0.4, 0.5) is 0 Å². The first-order valence-electron chi connectivity index (χ1n) is 7.98. The van der Waals surface area contributed by atoms with Crippen molar-refractivity contribution in [3.8, 4) is 11.8 Å². The summed E-state index contributed by atoms with van der Waals surface area (Å²) in [4.78, 5) is 23.7. The summed E-state index contributed by atoms with van der Waals surface area (Å²) in [5.74, 6) is -0.321. The lowest BCUT2D eigenvalue weighted by Gasteiger charge is -2.26. The molecule has 1 N–H and O–H groups in total. The normalized spacial score (nSPS) is 12.3. The summed E-state index contributed by atoms with van der Waals surface area (Å²) in [6.45, 7) is 7.22. The van der Waals surface area contributed by atoms with Crippen LogP contribution in [0.15, 0.2) is 30.4 Å². The summed E-state index contributed by atoms with van der Waals surface area (Å²) in [6, 6.07) is 7.19. The zero-order valence-electron chi connectivity index (χ0n) is 15.3. The van der Waals surface area contributed by atoms with Gasteiger partial charge >= 0.3 is 5.97 Å². The van der Waals surface area contributed by atoms with Gasteiger partial charge in [-0.15, -0.1) is 0 Å². The Hall–Kier alpha value is -2.81. The fraction of sp³-hybridized carbons (Fsp3) is 0.421. The van der Waals surface area contributed by atoms with E-state index in [2.05, 4.69) is 16.1 Å². The third-order valence-electron chi connectivity index (χ3n) is 3.40. The van der Waals surface area contributed by atoms with Gasteiger partial charge in [0.1, 0.15) is 5.75 Å². The predicted molar refractivity (Wildman–Crippen MR) is 94.0 cm³/mol. The molecule has 6 nitrogen and oxygen atoms in total. The van der Waals surface area contributed by atoms with Crippen LogP contribution >= 0.6 is 0 Å². The second-order valence-electron chi connectivity index (χ2n) is 6.23. The van der Waals surface area contributed by atoms with Crippen LogP contribution in [-0.4, -0.2) is 30.6 Å².